The molecule has 0 aliphatic carbocycles. The van der Waals surface area contributed by atoms with Gasteiger partial charge in [0.15, 0.2) is 6.10 Å². The molecule has 0 spiro atoms. The lowest BCUT2D eigenvalue weighted by atomic mass is 10.2. The monoisotopic (exact) mass is 344 g/mol. The van der Waals surface area contributed by atoms with Gasteiger partial charge in [0.1, 0.15) is 11.6 Å². The zero-order valence-electron chi connectivity index (χ0n) is 14.7. The molecule has 0 bridgehead atoms. The van der Waals surface area contributed by atoms with E-state index >= 15 is 0 Å². The zero-order chi connectivity index (χ0) is 18.1. The third-order valence-corrected chi connectivity index (χ3v) is 3.81. The molecule has 0 aliphatic heterocycles. The number of halogens is 1. The van der Waals surface area contributed by atoms with Gasteiger partial charge in [-0.05, 0) is 56.8 Å². The minimum Gasteiger partial charge on any atom is -0.481 e. The van der Waals surface area contributed by atoms with Crippen LogP contribution in [0.25, 0.3) is 0 Å². The van der Waals surface area contributed by atoms with Crippen molar-refractivity contribution < 1.29 is 13.9 Å². The van der Waals surface area contributed by atoms with Crippen LogP contribution in [0.1, 0.15) is 18.9 Å². The third-order valence-electron chi connectivity index (χ3n) is 3.81. The van der Waals surface area contributed by atoms with Crippen LogP contribution in [0.3, 0.4) is 0 Å². The zero-order valence-corrected chi connectivity index (χ0v) is 14.7. The summed E-state index contributed by atoms with van der Waals surface area (Å²) in [7, 11) is 2.06. The predicted octanol–water partition coefficient (Wildman–Crippen LogP) is 3.23. The van der Waals surface area contributed by atoms with Crippen molar-refractivity contribution in [2.24, 2.45) is 0 Å². The molecule has 4 nitrogen and oxygen atoms in total. The Kier molecular flexibility index (Phi) is 7.41. The second-order valence-corrected chi connectivity index (χ2v) is 6.08. The highest BCUT2D eigenvalue weighted by atomic mass is 19.1. The van der Waals surface area contributed by atoms with E-state index < -0.39 is 6.10 Å². The Labute approximate surface area is 148 Å². The number of hydrogen-bond donors (Lipinski definition) is 1. The summed E-state index contributed by atoms with van der Waals surface area (Å²) in [5, 5.41) is 2.87. The number of amides is 1. The molecule has 2 aromatic carbocycles. The molecule has 2 aromatic rings. The minimum atomic E-state index is -0.618. The van der Waals surface area contributed by atoms with Gasteiger partial charge in [-0.3, -0.25) is 4.79 Å². The first-order chi connectivity index (χ1) is 12.0. The summed E-state index contributed by atoms with van der Waals surface area (Å²) >= 11 is 0. The second-order valence-electron chi connectivity index (χ2n) is 6.08. The first-order valence-electron chi connectivity index (χ1n) is 8.47. The highest BCUT2D eigenvalue weighted by Gasteiger charge is 2.14. The third kappa shape index (κ3) is 6.93. The maximum Gasteiger partial charge on any atom is 0.260 e. The van der Waals surface area contributed by atoms with E-state index in [4.69, 9.17) is 4.74 Å². The molecule has 134 valence electrons. The fourth-order valence-corrected chi connectivity index (χ4v) is 2.45. The van der Waals surface area contributed by atoms with Gasteiger partial charge >= 0.3 is 0 Å². The molecule has 2 rings (SSSR count). The van der Waals surface area contributed by atoms with E-state index in [1.165, 1.54) is 29.8 Å². The van der Waals surface area contributed by atoms with Gasteiger partial charge in [-0.2, -0.15) is 0 Å². The molecule has 1 unspecified atom stereocenters. The maximum absolute atomic E-state index is 12.9. The van der Waals surface area contributed by atoms with Crippen molar-refractivity contribution in [2.75, 3.05) is 20.1 Å². The normalized spacial score (nSPS) is 12.0. The molecule has 25 heavy (non-hydrogen) atoms. The van der Waals surface area contributed by atoms with Crippen molar-refractivity contribution in [3.05, 3.63) is 66.0 Å². The van der Waals surface area contributed by atoms with Crippen LogP contribution >= 0.6 is 0 Å². The summed E-state index contributed by atoms with van der Waals surface area (Å²) in [4.78, 5) is 14.2. The van der Waals surface area contributed by atoms with Gasteiger partial charge in [-0.25, -0.2) is 4.39 Å². The van der Waals surface area contributed by atoms with Gasteiger partial charge in [-0.15, -0.1) is 0 Å². The number of hydrogen-bond acceptors (Lipinski definition) is 3. The van der Waals surface area contributed by atoms with Crippen molar-refractivity contribution in [3.63, 3.8) is 0 Å². The Bertz CT molecular complexity index is 647. The first-order valence-corrected chi connectivity index (χ1v) is 8.47. The summed E-state index contributed by atoms with van der Waals surface area (Å²) < 4.78 is 18.4. The molecular weight excluding hydrogens is 319 g/mol. The summed E-state index contributed by atoms with van der Waals surface area (Å²) in [5.41, 5.74) is 1.27. The second kappa shape index (κ2) is 9.79. The van der Waals surface area contributed by atoms with Gasteiger partial charge < -0.3 is 15.0 Å². The van der Waals surface area contributed by atoms with Gasteiger partial charge in [0.25, 0.3) is 5.91 Å². The number of rotatable bonds is 9. The first kappa shape index (κ1) is 18.9. The fourth-order valence-electron chi connectivity index (χ4n) is 2.45. The molecule has 1 atom stereocenters. The number of nitrogens with one attached hydrogen (secondary N) is 1. The lowest BCUT2D eigenvalue weighted by Crippen LogP contribution is -2.37. The summed E-state index contributed by atoms with van der Waals surface area (Å²) in [6.45, 7) is 4.05. The van der Waals surface area contributed by atoms with E-state index in [2.05, 4.69) is 29.4 Å². The van der Waals surface area contributed by atoms with Crippen LogP contribution in [0.5, 0.6) is 5.75 Å². The van der Waals surface area contributed by atoms with Crippen LogP contribution < -0.4 is 10.1 Å². The molecule has 0 saturated carbocycles. The molecule has 1 amide bonds. The van der Waals surface area contributed by atoms with E-state index in [1.54, 1.807) is 6.92 Å². The Balaban J connectivity index is 1.63. The van der Waals surface area contributed by atoms with E-state index in [0.717, 1.165) is 19.5 Å². The average Bonchev–Trinajstić information content (AvgIpc) is 2.61. The van der Waals surface area contributed by atoms with Crippen LogP contribution in [0.4, 0.5) is 4.39 Å². The van der Waals surface area contributed by atoms with Crippen molar-refractivity contribution in [1.82, 2.24) is 10.2 Å². The van der Waals surface area contributed by atoms with Gasteiger partial charge in [0, 0.05) is 13.1 Å². The van der Waals surface area contributed by atoms with Crippen LogP contribution in [0.15, 0.2) is 54.6 Å². The topological polar surface area (TPSA) is 41.6 Å². The average molecular weight is 344 g/mol. The van der Waals surface area contributed by atoms with Crippen LogP contribution in [0.2, 0.25) is 0 Å². The van der Waals surface area contributed by atoms with E-state index in [-0.39, 0.29) is 11.7 Å². The van der Waals surface area contributed by atoms with Crippen LogP contribution in [0, 0.1) is 5.82 Å². The Morgan fingerprint density at radius 1 is 1.16 bits per heavy atom. The van der Waals surface area contributed by atoms with Gasteiger partial charge in [0.2, 0.25) is 0 Å². The standard InChI is InChI=1S/C20H25FN2O2/c1-16(25-19-11-9-18(21)10-12-19)20(24)22-13-6-14-23(2)15-17-7-4-3-5-8-17/h3-5,7-12,16H,6,13-15H2,1-2H3,(H,22,24). The number of ether oxygens (including phenoxy) is 1. The van der Waals surface area contributed by atoms with E-state index in [0.29, 0.717) is 12.3 Å². The molecule has 0 saturated heterocycles. The van der Waals surface area contributed by atoms with Crippen molar-refractivity contribution in [2.45, 2.75) is 26.0 Å². The molecule has 1 N–H and O–H groups in total. The van der Waals surface area contributed by atoms with Crippen molar-refractivity contribution in [3.8, 4) is 5.75 Å². The SMILES string of the molecule is CC(Oc1ccc(F)cc1)C(=O)NCCCN(C)Cc1ccccc1. The maximum atomic E-state index is 12.9. The fraction of sp³-hybridized carbons (Fsp3) is 0.350. The van der Waals surface area contributed by atoms with Crippen molar-refractivity contribution in [1.29, 1.82) is 0 Å². The molecule has 0 fully saturated rings. The smallest absolute Gasteiger partial charge is 0.260 e. The molecular formula is C20H25FN2O2. The lowest BCUT2D eigenvalue weighted by Gasteiger charge is -2.18. The van der Waals surface area contributed by atoms with Crippen LogP contribution in [-0.4, -0.2) is 37.0 Å². The summed E-state index contributed by atoms with van der Waals surface area (Å²) in [6.07, 6.45) is 0.241. The quantitative estimate of drug-likeness (QED) is 0.710. The Morgan fingerprint density at radius 3 is 2.52 bits per heavy atom. The van der Waals surface area contributed by atoms with Crippen LogP contribution in [-0.2, 0) is 11.3 Å². The number of benzene rings is 2. The molecule has 0 aliphatic rings. The summed E-state index contributed by atoms with van der Waals surface area (Å²) in [6, 6.07) is 15.9. The number of carbonyl (C=O) groups excluding carboxylic acids is 1. The Morgan fingerprint density at radius 2 is 1.84 bits per heavy atom. The van der Waals surface area contributed by atoms with Gasteiger partial charge in [-0.1, -0.05) is 30.3 Å². The Hall–Kier alpha value is -2.40. The van der Waals surface area contributed by atoms with E-state index in [1.807, 2.05) is 18.2 Å². The lowest BCUT2D eigenvalue weighted by molar-refractivity contribution is -0.127. The minimum absolute atomic E-state index is 0.171. The molecule has 0 radical (unpaired) electrons. The number of carbonyl (C=O) groups is 1. The van der Waals surface area contributed by atoms with Gasteiger partial charge in [0.05, 0.1) is 0 Å². The summed E-state index contributed by atoms with van der Waals surface area (Å²) in [5.74, 6) is -0.0224. The highest BCUT2D eigenvalue weighted by Crippen LogP contribution is 2.13. The predicted molar refractivity (Wildman–Crippen MR) is 96.9 cm³/mol. The molecule has 0 aromatic heterocycles. The highest BCUT2D eigenvalue weighted by molar-refractivity contribution is 5.80. The molecule has 5 heteroatoms. The van der Waals surface area contributed by atoms with E-state index in [9.17, 15) is 9.18 Å². The van der Waals surface area contributed by atoms with Crippen molar-refractivity contribution >= 4 is 5.91 Å². The number of nitrogens with zero attached hydrogens (tertiary/aromatic N) is 1. The molecule has 0 heterocycles. The largest absolute Gasteiger partial charge is 0.481 e.